The number of nitro benzene ring substituents is 1. The molecule has 2 rings (SSSR count). The Morgan fingerprint density at radius 1 is 1.45 bits per heavy atom. The maximum Gasteiger partial charge on any atom is 0.269 e. The molecule has 122 valence electrons. The van der Waals surface area contributed by atoms with Gasteiger partial charge in [0, 0.05) is 25.2 Å². The summed E-state index contributed by atoms with van der Waals surface area (Å²) in [6, 6.07) is 3.89. The summed E-state index contributed by atoms with van der Waals surface area (Å²) in [6.07, 6.45) is 1.84. The predicted octanol–water partition coefficient (Wildman–Crippen LogP) is 1.52. The van der Waals surface area contributed by atoms with Crippen LogP contribution in [-0.4, -0.2) is 44.3 Å². The van der Waals surface area contributed by atoms with Crippen LogP contribution in [-0.2, 0) is 10.0 Å². The average Bonchev–Trinajstić information content (AvgIpc) is 2.47. The van der Waals surface area contributed by atoms with Gasteiger partial charge in [-0.15, -0.1) is 0 Å². The van der Waals surface area contributed by atoms with E-state index in [2.05, 4.69) is 5.32 Å². The first kappa shape index (κ1) is 16.9. The molecule has 0 spiro atoms. The lowest BCUT2D eigenvalue weighted by Crippen LogP contribution is -2.42. The lowest BCUT2D eigenvalue weighted by molar-refractivity contribution is -0.385. The van der Waals surface area contributed by atoms with Gasteiger partial charge < -0.3 is 5.32 Å². The van der Waals surface area contributed by atoms with Crippen molar-refractivity contribution in [2.45, 2.75) is 24.7 Å². The number of nitrogens with one attached hydrogen (secondary N) is 1. The third-order valence-corrected chi connectivity index (χ3v) is 5.99. The van der Waals surface area contributed by atoms with E-state index in [1.807, 2.05) is 7.05 Å². The molecule has 1 aromatic carbocycles. The van der Waals surface area contributed by atoms with E-state index >= 15 is 0 Å². The molecule has 0 bridgehead atoms. The fraction of sp³-hybridized carbons (Fsp3) is 0.571. The van der Waals surface area contributed by atoms with Gasteiger partial charge >= 0.3 is 0 Å². The Morgan fingerprint density at radius 3 is 2.77 bits per heavy atom. The van der Waals surface area contributed by atoms with Gasteiger partial charge in [0.25, 0.3) is 5.69 Å². The number of rotatable bonds is 5. The molecule has 0 amide bonds. The van der Waals surface area contributed by atoms with Crippen LogP contribution in [0, 0.1) is 23.0 Å². The van der Waals surface area contributed by atoms with Gasteiger partial charge in [0.15, 0.2) is 0 Å². The van der Waals surface area contributed by atoms with E-state index in [-0.39, 0.29) is 10.6 Å². The standard InChI is InChI=1S/C14H21N3O4S/c1-11-8-13(17(18)19)5-6-14(11)22(20,21)16-7-3-4-12(10-16)9-15-2/h5-6,8,12,15H,3-4,7,9-10H2,1-2H3. The zero-order valence-corrected chi connectivity index (χ0v) is 13.6. The second kappa shape index (κ2) is 6.72. The van der Waals surface area contributed by atoms with Gasteiger partial charge in [-0.05, 0) is 50.9 Å². The summed E-state index contributed by atoms with van der Waals surface area (Å²) in [6.45, 7) is 3.36. The van der Waals surface area contributed by atoms with Gasteiger partial charge in [-0.1, -0.05) is 0 Å². The number of non-ortho nitro benzene ring substituents is 1. The summed E-state index contributed by atoms with van der Waals surface area (Å²) in [5.74, 6) is 0.298. The van der Waals surface area contributed by atoms with Crippen LogP contribution in [0.1, 0.15) is 18.4 Å². The molecule has 1 fully saturated rings. The van der Waals surface area contributed by atoms with E-state index < -0.39 is 14.9 Å². The Kier molecular flexibility index (Phi) is 5.15. The molecule has 1 saturated heterocycles. The highest BCUT2D eigenvalue weighted by molar-refractivity contribution is 7.89. The quantitative estimate of drug-likeness (QED) is 0.654. The number of aryl methyl sites for hydroxylation is 1. The van der Waals surface area contributed by atoms with Crippen molar-refractivity contribution in [2.24, 2.45) is 5.92 Å². The second-order valence-corrected chi connectivity index (χ2v) is 7.54. The molecule has 1 atom stereocenters. The minimum atomic E-state index is -3.60. The number of benzene rings is 1. The van der Waals surface area contributed by atoms with Crippen LogP contribution in [0.4, 0.5) is 5.69 Å². The Morgan fingerprint density at radius 2 is 2.18 bits per heavy atom. The molecule has 0 radical (unpaired) electrons. The van der Waals surface area contributed by atoms with Gasteiger partial charge in [-0.25, -0.2) is 8.42 Å². The highest BCUT2D eigenvalue weighted by atomic mass is 32.2. The molecule has 1 unspecified atom stereocenters. The van der Waals surface area contributed by atoms with E-state index in [0.29, 0.717) is 24.6 Å². The van der Waals surface area contributed by atoms with E-state index in [1.54, 1.807) is 6.92 Å². The van der Waals surface area contributed by atoms with Crippen LogP contribution < -0.4 is 5.32 Å². The van der Waals surface area contributed by atoms with Crippen LogP contribution >= 0.6 is 0 Å². The van der Waals surface area contributed by atoms with Crippen LogP contribution in [0.2, 0.25) is 0 Å². The van der Waals surface area contributed by atoms with Crippen molar-refractivity contribution in [2.75, 3.05) is 26.7 Å². The zero-order chi connectivity index (χ0) is 16.3. The average molecular weight is 327 g/mol. The Labute approximate surface area is 130 Å². The number of nitrogens with zero attached hydrogens (tertiary/aromatic N) is 2. The number of piperidine rings is 1. The molecular weight excluding hydrogens is 306 g/mol. The second-order valence-electron chi connectivity index (χ2n) is 5.64. The van der Waals surface area contributed by atoms with Crippen molar-refractivity contribution < 1.29 is 13.3 Å². The Balaban J connectivity index is 2.28. The van der Waals surface area contributed by atoms with Crippen molar-refractivity contribution in [3.63, 3.8) is 0 Å². The Hall–Kier alpha value is -1.51. The van der Waals surface area contributed by atoms with Gasteiger partial charge in [0.2, 0.25) is 10.0 Å². The van der Waals surface area contributed by atoms with Gasteiger partial charge in [0.1, 0.15) is 0 Å². The summed E-state index contributed by atoms with van der Waals surface area (Å²) >= 11 is 0. The number of sulfonamides is 1. The fourth-order valence-corrected chi connectivity index (χ4v) is 4.64. The molecule has 0 saturated carbocycles. The Bertz CT molecular complexity index is 658. The SMILES string of the molecule is CNCC1CCCN(S(=O)(=O)c2ccc([N+](=O)[O-])cc2C)C1. The summed E-state index contributed by atoms with van der Waals surface area (Å²) < 4.78 is 27.0. The van der Waals surface area contributed by atoms with E-state index in [9.17, 15) is 18.5 Å². The molecule has 1 aliphatic heterocycles. The van der Waals surface area contributed by atoms with E-state index in [1.165, 1.54) is 22.5 Å². The van der Waals surface area contributed by atoms with Crippen LogP contribution in [0.5, 0.6) is 0 Å². The van der Waals surface area contributed by atoms with Gasteiger partial charge in [0.05, 0.1) is 9.82 Å². The minimum Gasteiger partial charge on any atom is -0.319 e. The third-order valence-electron chi connectivity index (χ3n) is 3.96. The molecule has 7 nitrogen and oxygen atoms in total. The molecule has 8 heteroatoms. The maximum atomic E-state index is 12.8. The first-order valence-electron chi connectivity index (χ1n) is 7.26. The van der Waals surface area contributed by atoms with Gasteiger partial charge in [-0.2, -0.15) is 4.31 Å². The minimum absolute atomic E-state index is 0.0943. The molecule has 22 heavy (non-hydrogen) atoms. The van der Waals surface area contributed by atoms with Crippen molar-refractivity contribution in [1.29, 1.82) is 0 Å². The van der Waals surface area contributed by atoms with Gasteiger partial charge in [-0.3, -0.25) is 10.1 Å². The predicted molar refractivity (Wildman–Crippen MR) is 83.2 cm³/mol. The highest BCUT2D eigenvalue weighted by Crippen LogP contribution is 2.27. The number of hydrogen-bond donors (Lipinski definition) is 1. The third kappa shape index (κ3) is 3.45. The molecule has 1 N–H and O–H groups in total. The molecular formula is C14H21N3O4S. The topological polar surface area (TPSA) is 92.6 Å². The maximum absolute atomic E-state index is 12.8. The lowest BCUT2D eigenvalue weighted by Gasteiger charge is -2.32. The van der Waals surface area contributed by atoms with Crippen molar-refractivity contribution >= 4 is 15.7 Å². The number of nitro groups is 1. The number of hydrogen-bond acceptors (Lipinski definition) is 5. The first-order chi connectivity index (χ1) is 10.4. The summed E-state index contributed by atoms with van der Waals surface area (Å²) in [5, 5.41) is 13.9. The van der Waals surface area contributed by atoms with Crippen LogP contribution in [0.15, 0.2) is 23.1 Å². The summed E-state index contributed by atoms with van der Waals surface area (Å²) in [5.41, 5.74) is 0.313. The summed E-state index contributed by atoms with van der Waals surface area (Å²) in [4.78, 5) is 10.4. The normalized spacial score (nSPS) is 20.0. The smallest absolute Gasteiger partial charge is 0.269 e. The van der Waals surface area contributed by atoms with Crippen molar-refractivity contribution in [3.05, 3.63) is 33.9 Å². The molecule has 0 aromatic heterocycles. The lowest BCUT2D eigenvalue weighted by atomic mass is 10.00. The first-order valence-corrected chi connectivity index (χ1v) is 8.70. The summed E-state index contributed by atoms with van der Waals surface area (Å²) in [7, 11) is -1.75. The zero-order valence-electron chi connectivity index (χ0n) is 12.8. The van der Waals surface area contributed by atoms with E-state index in [4.69, 9.17) is 0 Å². The molecule has 0 aliphatic carbocycles. The largest absolute Gasteiger partial charge is 0.319 e. The van der Waals surface area contributed by atoms with Crippen LogP contribution in [0.25, 0.3) is 0 Å². The highest BCUT2D eigenvalue weighted by Gasteiger charge is 2.31. The molecule has 1 heterocycles. The van der Waals surface area contributed by atoms with Crippen molar-refractivity contribution in [1.82, 2.24) is 9.62 Å². The van der Waals surface area contributed by atoms with Crippen LogP contribution in [0.3, 0.4) is 0 Å². The monoisotopic (exact) mass is 327 g/mol. The van der Waals surface area contributed by atoms with E-state index in [0.717, 1.165) is 19.4 Å². The molecule has 1 aliphatic rings. The van der Waals surface area contributed by atoms with Crippen molar-refractivity contribution in [3.8, 4) is 0 Å². The molecule has 1 aromatic rings. The fourth-order valence-electron chi connectivity index (χ4n) is 2.88.